The number of carbonyl (C=O) groups is 2. The summed E-state index contributed by atoms with van der Waals surface area (Å²) in [5.74, 6) is -0.0635. The quantitative estimate of drug-likeness (QED) is 0.506. The van der Waals surface area contributed by atoms with Crippen LogP contribution in [-0.2, 0) is 9.59 Å². The lowest BCUT2D eigenvalue weighted by atomic mass is 10.2. The number of nitrogens with one attached hydrogen (secondary N) is 3. The molecule has 1 fully saturated rings. The Balaban J connectivity index is 2.32. The van der Waals surface area contributed by atoms with Crippen LogP contribution in [0.2, 0.25) is 0 Å². The van der Waals surface area contributed by atoms with E-state index >= 15 is 0 Å². The maximum absolute atomic E-state index is 11.3. The van der Waals surface area contributed by atoms with Crippen LogP contribution < -0.4 is 16.0 Å². The molecule has 1 rings (SSSR count). The van der Waals surface area contributed by atoms with Gasteiger partial charge in [0.05, 0.1) is 12.1 Å². The predicted molar refractivity (Wildman–Crippen MR) is 48.1 cm³/mol. The van der Waals surface area contributed by atoms with Crippen LogP contribution >= 0.6 is 0 Å². The molecular formula is C8H15N3O2. The highest BCUT2D eigenvalue weighted by atomic mass is 16.2. The van der Waals surface area contributed by atoms with E-state index in [9.17, 15) is 9.59 Å². The van der Waals surface area contributed by atoms with Gasteiger partial charge < -0.3 is 16.0 Å². The van der Waals surface area contributed by atoms with Crippen LogP contribution in [0.5, 0.6) is 0 Å². The molecule has 0 spiro atoms. The zero-order valence-corrected chi connectivity index (χ0v) is 7.89. The molecule has 5 heteroatoms. The maximum atomic E-state index is 11.3. The third-order valence-electron chi connectivity index (χ3n) is 2.15. The van der Waals surface area contributed by atoms with Gasteiger partial charge in [-0.1, -0.05) is 0 Å². The maximum Gasteiger partial charge on any atom is 0.237 e. The van der Waals surface area contributed by atoms with Gasteiger partial charge in [0.2, 0.25) is 11.8 Å². The largest absolute Gasteiger partial charge is 0.354 e. The van der Waals surface area contributed by atoms with Crippen LogP contribution in [0.1, 0.15) is 13.3 Å². The third-order valence-corrected chi connectivity index (χ3v) is 2.15. The molecule has 0 aromatic carbocycles. The van der Waals surface area contributed by atoms with Gasteiger partial charge in [0.25, 0.3) is 0 Å². The van der Waals surface area contributed by atoms with Gasteiger partial charge in [0, 0.05) is 13.0 Å². The fourth-order valence-electron chi connectivity index (χ4n) is 1.16. The molecule has 0 aromatic rings. The Hall–Kier alpha value is -1.10. The van der Waals surface area contributed by atoms with Crippen molar-refractivity contribution in [2.45, 2.75) is 25.4 Å². The van der Waals surface area contributed by atoms with Crippen molar-refractivity contribution in [2.24, 2.45) is 0 Å². The zero-order valence-electron chi connectivity index (χ0n) is 7.89. The highest BCUT2D eigenvalue weighted by Crippen LogP contribution is 1.99. The fraction of sp³-hybridized carbons (Fsp3) is 0.750. The van der Waals surface area contributed by atoms with E-state index in [-0.39, 0.29) is 23.9 Å². The Kier molecular flexibility index (Phi) is 3.25. The van der Waals surface area contributed by atoms with Crippen LogP contribution in [0.25, 0.3) is 0 Å². The van der Waals surface area contributed by atoms with E-state index < -0.39 is 0 Å². The number of rotatable bonds is 3. The van der Waals surface area contributed by atoms with E-state index in [1.165, 1.54) is 0 Å². The van der Waals surface area contributed by atoms with Crippen molar-refractivity contribution in [3.05, 3.63) is 0 Å². The van der Waals surface area contributed by atoms with E-state index in [2.05, 4.69) is 16.0 Å². The first-order valence-corrected chi connectivity index (χ1v) is 4.38. The number of likely N-dealkylation sites (N-methyl/N-ethyl adjacent to an activating group) is 1. The monoisotopic (exact) mass is 185 g/mol. The summed E-state index contributed by atoms with van der Waals surface area (Å²) in [6.45, 7) is 2.32. The van der Waals surface area contributed by atoms with Crippen molar-refractivity contribution in [2.75, 3.05) is 13.6 Å². The van der Waals surface area contributed by atoms with Gasteiger partial charge in [-0.3, -0.25) is 9.59 Å². The van der Waals surface area contributed by atoms with Gasteiger partial charge >= 0.3 is 0 Å². The molecule has 1 heterocycles. The minimum atomic E-state index is -0.212. The van der Waals surface area contributed by atoms with E-state index in [0.29, 0.717) is 13.0 Å². The van der Waals surface area contributed by atoms with Crippen molar-refractivity contribution in [1.82, 2.24) is 16.0 Å². The highest BCUT2D eigenvalue weighted by Gasteiger charge is 2.24. The number of hydrogen-bond acceptors (Lipinski definition) is 3. The Morgan fingerprint density at radius 2 is 2.38 bits per heavy atom. The molecule has 1 unspecified atom stereocenters. The van der Waals surface area contributed by atoms with Crippen LogP contribution in [0, 0.1) is 0 Å². The summed E-state index contributed by atoms with van der Waals surface area (Å²) in [6.07, 6.45) is 0.391. The van der Waals surface area contributed by atoms with E-state index in [0.717, 1.165) is 0 Å². The van der Waals surface area contributed by atoms with E-state index in [1.54, 1.807) is 14.0 Å². The van der Waals surface area contributed by atoms with E-state index in [4.69, 9.17) is 0 Å². The van der Waals surface area contributed by atoms with Crippen LogP contribution in [0.4, 0.5) is 0 Å². The van der Waals surface area contributed by atoms with Crippen molar-refractivity contribution < 1.29 is 9.59 Å². The first-order valence-electron chi connectivity index (χ1n) is 4.38. The van der Waals surface area contributed by atoms with Gasteiger partial charge in [0.15, 0.2) is 0 Å². The molecular weight excluding hydrogens is 170 g/mol. The Morgan fingerprint density at radius 3 is 2.85 bits per heavy atom. The van der Waals surface area contributed by atoms with Crippen LogP contribution in [0.3, 0.4) is 0 Å². The van der Waals surface area contributed by atoms with Gasteiger partial charge in [0.1, 0.15) is 0 Å². The molecule has 1 saturated heterocycles. The second-order valence-corrected chi connectivity index (χ2v) is 3.22. The summed E-state index contributed by atoms with van der Waals surface area (Å²) in [7, 11) is 1.72. The van der Waals surface area contributed by atoms with Gasteiger partial charge in [-0.2, -0.15) is 0 Å². The summed E-state index contributed by atoms with van der Waals surface area (Å²) in [6, 6.07) is -0.258. The van der Waals surface area contributed by atoms with E-state index in [1.807, 2.05) is 0 Å². The average molecular weight is 185 g/mol. The number of amides is 2. The second-order valence-electron chi connectivity index (χ2n) is 3.22. The first-order chi connectivity index (χ1) is 6.13. The normalized spacial score (nSPS) is 23.8. The van der Waals surface area contributed by atoms with Crippen LogP contribution in [0.15, 0.2) is 0 Å². The Bertz CT molecular complexity index is 217. The van der Waals surface area contributed by atoms with Crippen molar-refractivity contribution in [3.8, 4) is 0 Å². The van der Waals surface area contributed by atoms with Gasteiger partial charge in [-0.15, -0.1) is 0 Å². The topological polar surface area (TPSA) is 70.2 Å². The van der Waals surface area contributed by atoms with Crippen molar-refractivity contribution >= 4 is 11.8 Å². The molecule has 1 aliphatic rings. The molecule has 2 amide bonds. The summed E-state index contributed by atoms with van der Waals surface area (Å²) >= 11 is 0. The molecule has 74 valence electrons. The molecule has 5 nitrogen and oxygen atoms in total. The molecule has 0 radical (unpaired) electrons. The fourth-order valence-corrected chi connectivity index (χ4v) is 1.16. The van der Waals surface area contributed by atoms with Gasteiger partial charge in [-0.25, -0.2) is 0 Å². The molecule has 3 N–H and O–H groups in total. The predicted octanol–water partition coefficient (Wildman–Crippen LogP) is -1.40. The lowest BCUT2D eigenvalue weighted by Gasteiger charge is -2.14. The minimum Gasteiger partial charge on any atom is -0.354 e. The molecule has 0 aliphatic carbocycles. The molecule has 0 bridgehead atoms. The van der Waals surface area contributed by atoms with Crippen LogP contribution in [-0.4, -0.2) is 37.5 Å². The van der Waals surface area contributed by atoms with Crippen molar-refractivity contribution in [3.63, 3.8) is 0 Å². The molecule has 0 aromatic heterocycles. The first kappa shape index (κ1) is 9.98. The summed E-state index contributed by atoms with van der Waals surface area (Å²) < 4.78 is 0. The summed E-state index contributed by atoms with van der Waals surface area (Å²) in [5, 5.41) is 8.27. The molecule has 1 aliphatic heterocycles. The van der Waals surface area contributed by atoms with Gasteiger partial charge in [-0.05, 0) is 14.0 Å². The standard InChI is InChI=1S/C8H15N3O2/c1-5(9-2)8(13)11-6-3-7(12)10-4-6/h5-6,9H,3-4H2,1-2H3,(H,10,12)(H,11,13)/t5-,6?/m0/s1. The second kappa shape index (κ2) is 4.23. The summed E-state index contributed by atoms with van der Waals surface area (Å²) in [5.41, 5.74) is 0. The molecule has 13 heavy (non-hydrogen) atoms. The zero-order chi connectivity index (χ0) is 9.84. The minimum absolute atomic E-state index is 0.00223. The number of carbonyl (C=O) groups excluding carboxylic acids is 2. The molecule has 2 atom stereocenters. The average Bonchev–Trinajstić information content (AvgIpc) is 2.49. The highest BCUT2D eigenvalue weighted by molar-refractivity contribution is 5.84. The lowest BCUT2D eigenvalue weighted by molar-refractivity contribution is -0.123. The van der Waals surface area contributed by atoms with Crippen molar-refractivity contribution in [1.29, 1.82) is 0 Å². The molecule has 0 saturated carbocycles. The third kappa shape index (κ3) is 2.69. The SMILES string of the molecule is CN[C@@H](C)C(=O)NC1CNC(=O)C1. The number of hydrogen-bond donors (Lipinski definition) is 3. The Labute approximate surface area is 77.3 Å². The smallest absolute Gasteiger partial charge is 0.237 e. The lowest BCUT2D eigenvalue weighted by Crippen LogP contribution is -2.45. The Morgan fingerprint density at radius 1 is 1.69 bits per heavy atom. The summed E-state index contributed by atoms with van der Waals surface area (Å²) in [4.78, 5) is 22.1.